The van der Waals surface area contributed by atoms with E-state index in [0.29, 0.717) is 0 Å². The van der Waals surface area contributed by atoms with E-state index in [2.05, 4.69) is 0 Å². The molecule has 0 aliphatic carbocycles. The van der Waals surface area contributed by atoms with Crippen molar-refractivity contribution >= 4 is 17.6 Å². The summed E-state index contributed by atoms with van der Waals surface area (Å²) in [7, 11) is 1.26. The van der Waals surface area contributed by atoms with Crippen molar-refractivity contribution in [3.63, 3.8) is 0 Å². The number of ether oxygens (including phenoxy) is 1. The molecule has 0 atom stereocenters. The van der Waals surface area contributed by atoms with Gasteiger partial charge in [0, 0.05) is 11.4 Å². The molecule has 1 aromatic carbocycles. The fourth-order valence-corrected chi connectivity index (χ4v) is 1.54. The lowest BCUT2D eigenvalue weighted by Crippen LogP contribution is -2.16. The van der Waals surface area contributed by atoms with Gasteiger partial charge in [0.1, 0.15) is 5.75 Å². The molecule has 0 amide bonds. The van der Waals surface area contributed by atoms with E-state index in [1.165, 1.54) is 19.2 Å². The van der Waals surface area contributed by atoms with Crippen LogP contribution in [-0.4, -0.2) is 18.2 Å². The Balaban J connectivity index is 3.03. The van der Waals surface area contributed by atoms with Gasteiger partial charge in [-0.3, -0.25) is 4.79 Å². The Labute approximate surface area is 102 Å². The third-order valence-electron chi connectivity index (χ3n) is 2.21. The average molecular weight is 265 g/mol. The van der Waals surface area contributed by atoms with E-state index < -0.39 is 30.3 Å². The molecule has 1 aromatic rings. The van der Waals surface area contributed by atoms with Gasteiger partial charge in [0.2, 0.25) is 0 Å². The first-order chi connectivity index (χ1) is 7.86. The van der Waals surface area contributed by atoms with Gasteiger partial charge in [-0.2, -0.15) is 0 Å². The normalized spacial score (nSPS) is 11.3. The highest BCUT2D eigenvalue weighted by molar-refractivity contribution is 6.30. The smallest absolute Gasteiger partial charge is 0.303 e. The number of methoxy groups -OCH3 is 1. The number of aliphatic carboxylic acids is 1. The monoisotopic (exact) mass is 264 g/mol. The lowest BCUT2D eigenvalue weighted by molar-refractivity contribution is -0.139. The van der Waals surface area contributed by atoms with Gasteiger partial charge in [-0.15, -0.1) is 0 Å². The molecule has 94 valence electrons. The number of hydrogen-bond acceptors (Lipinski definition) is 2. The van der Waals surface area contributed by atoms with Crippen molar-refractivity contribution in [3.8, 4) is 5.75 Å². The molecule has 0 aliphatic heterocycles. The zero-order chi connectivity index (χ0) is 13.1. The fourth-order valence-electron chi connectivity index (χ4n) is 1.36. The van der Waals surface area contributed by atoms with Crippen LogP contribution in [0.4, 0.5) is 8.78 Å². The lowest BCUT2D eigenvalue weighted by atomic mass is 10.0. The van der Waals surface area contributed by atoms with E-state index in [4.69, 9.17) is 21.4 Å². The Hall–Kier alpha value is -1.36. The summed E-state index contributed by atoms with van der Waals surface area (Å²) >= 11 is 5.64. The molecule has 3 nitrogen and oxygen atoms in total. The molecule has 0 bridgehead atoms. The molecule has 17 heavy (non-hydrogen) atoms. The van der Waals surface area contributed by atoms with Crippen LogP contribution in [0.5, 0.6) is 5.75 Å². The Morgan fingerprint density at radius 3 is 2.71 bits per heavy atom. The molecule has 0 radical (unpaired) electrons. The van der Waals surface area contributed by atoms with Crippen molar-refractivity contribution in [2.24, 2.45) is 0 Å². The van der Waals surface area contributed by atoms with Crippen molar-refractivity contribution in [2.75, 3.05) is 7.11 Å². The number of benzene rings is 1. The number of alkyl halides is 2. The highest BCUT2D eigenvalue weighted by atomic mass is 35.5. The molecule has 0 fully saturated rings. The van der Waals surface area contributed by atoms with Crippen LogP contribution < -0.4 is 4.74 Å². The maximum absolute atomic E-state index is 13.7. The van der Waals surface area contributed by atoms with Crippen LogP contribution in [0.2, 0.25) is 5.02 Å². The molecule has 0 spiro atoms. The third-order valence-corrected chi connectivity index (χ3v) is 2.44. The Bertz CT molecular complexity index is 421. The van der Waals surface area contributed by atoms with Gasteiger partial charge in [0.25, 0.3) is 5.92 Å². The molecule has 1 rings (SSSR count). The first-order valence-electron chi connectivity index (χ1n) is 4.80. The molecule has 0 aliphatic rings. The van der Waals surface area contributed by atoms with Gasteiger partial charge >= 0.3 is 5.97 Å². The summed E-state index contributed by atoms with van der Waals surface area (Å²) in [6, 6.07) is 3.84. The zero-order valence-electron chi connectivity index (χ0n) is 9.04. The number of rotatable bonds is 5. The van der Waals surface area contributed by atoms with Gasteiger partial charge in [-0.25, -0.2) is 8.78 Å². The van der Waals surface area contributed by atoms with E-state index in [9.17, 15) is 13.6 Å². The number of carboxylic acids is 1. The molecule has 1 N–H and O–H groups in total. The van der Waals surface area contributed by atoms with Crippen molar-refractivity contribution in [3.05, 3.63) is 28.8 Å². The van der Waals surface area contributed by atoms with Gasteiger partial charge in [-0.05, 0) is 18.2 Å². The summed E-state index contributed by atoms with van der Waals surface area (Å²) in [4.78, 5) is 10.3. The van der Waals surface area contributed by atoms with Crippen LogP contribution in [-0.2, 0) is 10.7 Å². The summed E-state index contributed by atoms with van der Waals surface area (Å²) < 4.78 is 32.3. The summed E-state index contributed by atoms with van der Waals surface area (Å²) in [6.45, 7) is 0. The molecule has 0 aromatic heterocycles. The molecule has 0 saturated heterocycles. The van der Waals surface area contributed by atoms with Crippen molar-refractivity contribution in [2.45, 2.75) is 18.8 Å². The first-order valence-corrected chi connectivity index (χ1v) is 5.18. The van der Waals surface area contributed by atoms with Crippen LogP contribution in [0.25, 0.3) is 0 Å². The van der Waals surface area contributed by atoms with Crippen molar-refractivity contribution < 1.29 is 23.4 Å². The molecule has 0 saturated carbocycles. The van der Waals surface area contributed by atoms with Gasteiger partial charge in [0.15, 0.2) is 0 Å². The maximum atomic E-state index is 13.7. The largest absolute Gasteiger partial charge is 0.496 e. The standard InChI is InChI=1S/C11H11ClF2O3/c1-17-9-3-2-7(12)6-8(9)11(13,14)5-4-10(15)16/h2-3,6H,4-5H2,1H3,(H,15,16). The number of halogens is 3. The topological polar surface area (TPSA) is 46.5 Å². The van der Waals surface area contributed by atoms with Gasteiger partial charge < -0.3 is 9.84 Å². The third kappa shape index (κ3) is 3.56. The quantitative estimate of drug-likeness (QED) is 0.887. The molecular formula is C11H11ClF2O3. The Kier molecular flexibility index (Phi) is 4.28. The Morgan fingerprint density at radius 2 is 2.18 bits per heavy atom. The average Bonchev–Trinajstić information content (AvgIpc) is 2.26. The summed E-state index contributed by atoms with van der Waals surface area (Å²) in [6.07, 6.45) is -1.41. The van der Waals surface area contributed by atoms with Gasteiger partial charge in [-0.1, -0.05) is 11.6 Å². The fraction of sp³-hybridized carbons (Fsp3) is 0.364. The van der Waals surface area contributed by atoms with Gasteiger partial charge in [0.05, 0.1) is 19.1 Å². The van der Waals surface area contributed by atoms with E-state index >= 15 is 0 Å². The van der Waals surface area contributed by atoms with E-state index in [0.717, 1.165) is 6.07 Å². The number of carboxylic acid groups (broad SMARTS) is 1. The van der Waals surface area contributed by atoms with Crippen molar-refractivity contribution in [1.82, 2.24) is 0 Å². The zero-order valence-corrected chi connectivity index (χ0v) is 9.80. The second-order valence-electron chi connectivity index (χ2n) is 3.44. The second-order valence-corrected chi connectivity index (χ2v) is 3.88. The van der Waals surface area contributed by atoms with E-state index in [-0.39, 0.29) is 10.8 Å². The van der Waals surface area contributed by atoms with Crippen molar-refractivity contribution in [1.29, 1.82) is 0 Å². The minimum absolute atomic E-state index is 0.00945. The van der Waals surface area contributed by atoms with Crippen LogP contribution >= 0.6 is 11.6 Å². The molecule has 0 unspecified atom stereocenters. The molecule has 6 heteroatoms. The predicted octanol–water partition coefficient (Wildman–Crippen LogP) is 3.31. The molecular weight excluding hydrogens is 254 g/mol. The predicted molar refractivity (Wildman–Crippen MR) is 58.8 cm³/mol. The summed E-state index contributed by atoms with van der Waals surface area (Å²) in [5.41, 5.74) is -0.395. The van der Waals surface area contributed by atoms with Crippen LogP contribution in [0.15, 0.2) is 18.2 Å². The highest BCUT2D eigenvalue weighted by Crippen LogP contribution is 2.39. The van der Waals surface area contributed by atoms with Crippen LogP contribution in [0.1, 0.15) is 18.4 Å². The first kappa shape index (κ1) is 13.7. The van der Waals surface area contributed by atoms with Crippen LogP contribution in [0, 0.1) is 0 Å². The highest BCUT2D eigenvalue weighted by Gasteiger charge is 2.35. The minimum Gasteiger partial charge on any atom is -0.496 e. The molecule has 0 heterocycles. The SMILES string of the molecule is COc1ccc(Cl)cc1C(F)(F)CCC(=O)O. The van der Waals surface area contributed by atoms with E-state index in [1.54, 1.807) is 0 Å². The summed E-state index contributed by atoms with van der Waals surface area (Å²) in [5.74, 6) is -4.57. The lowest BCUT2D eigenvalue weighted by Gasteiger charge is -2.18. The van der Waals surface area contributed by atoms with E-state index in [1.807, 2.05) is 0 Å². The Morgan fingerprint density at radius 1 is 1.53 bits per heavy atom. The maximum Gasteiger partial charge on any atom is 0.303 e. The minimum atomic E-state index is -3.28. The summed E-state index contributed by atoms with van der Waals surface area (Å²) in [5, 5.41) is 8.56. The number of carbonyl (C=O) groups is 1. The number of hydrogen-bond donors (Lipinski definition) is 1. The van der Waals surface area contributed by atoms with Crippen LogP contribution in [0.3, 0.4) is 0 Å². The second kappa shape index (κ2) is 5.31.